The summed E-state index contributed by atoms with van der Waals surface area (Å²) in [4.78, 5) is 0. The van der Waals surface area contributed by atoms with E-state index in [1.807, 2.05) is 37.3 Å². The second-order valence-electron chi connectivity index (χ2n) is 4.48. The van der Waals surface area contributed by atoms with Gasteiger partial charge in [-0.15, -0.1) is 11.6 Å². The molecule has 0 saturated heterocycles. The quantitative estimate of drug-likeness (QED) is 0.611. The van der Waals surface area contributed by atoms with Gasteiger partial charge in [0.2, 0.25) is 0 Å². The van der Waals surface area contributed by atoms with Crippen LogP contribution in [0.3, 0.4) is 0 Å². The summed E-state index contributed by atoms with van der Waals surface area (Å²) in [5.41, 5.74) is 0.487. The molecule has 1 nitrogen and oxygen atoms in total. The van der Waals surface area contributed by atoms with Crippen molar-refractivity contribution in [3.05, 3.63) is 35.9 Å². The molecule has 0 fully saturated rings. The van der Waals surface area contributed by atoms with Crippen LogP contribution in [0.1, 0.15) is 25.3 Å². The van der Waals surface area contributed by atoms with E-state index in [0.29, 0.717) is 5.88 Å². The number of hydrogen-bond acceptors (Lipinski definition) is 1. The maximum Gasteiger partial charge on any atom is 0.389 e. The van der Waals surface area contributed by atoms with E-state index in [0.717, 1.165) is 5.56 Å². The highest BCUT2D eigenvalue weighted by Crippen LogP contribution is 2.24. The Balaban J connectivity index is 2.52. The van der Waals surface area contributed by atoms with Gasteiger partial charge in [-0.1, -0.05) is 30.3 Å². The Morgan fingerprint density at radius 1 is 1.17 bits per heavy atom. The third-order valence-corrected chi connectivity index (χ3v) is 3.36. The zero-order chi connectivity index (χ0) is 13.6. The molecule has 0 amide bonds. The molecule has 0 saturated carbocycles. The molecule has 0 aromatic heterocycles. The van der Waals surface area contributed by atoms with E-state index in [1.165, 1.54) is 0 Å². The fraction of sp³-hybridized carbons (Fsp3) is 0.538. The van der Waals surface area contributed by atoms with Gasteiger partial charge in [-0.25, -0.2) is 0 Å². The maximum absolute atomic E-state index is 12.0. The van der Waals surface area contributed by atoms with Crippen molar-refractivity contribution < 1.29 is 13.2 Å². The molecule has 0 bridgehead atoms. The van der Waals surface area contributed by atoms with Crippen LogP contribution in [-0.4, -0.2) is 18.6 Å². The molecule has 102 valence electrons. The highest BCUT2D eigenvalue weighted by Gasteiger charge is 2.28. The van der Waals surface area contributed by atoms with Gasteiger partial charge in [-0.05, 0) is 25.5 Å². The second-order valence-corrected chi connectivity index (χ2v) is 4.74. The van der Waals surface area contributed by atoms with Gasteiger partial charge in [-0.2, -0.15) is 13.2 Å². The van der Waals surface area contributed by atoms with Crippen molar-refractivity contribution in [3.63, 3.8) is 0 Å². The van der Waals surface area contributed by atoms with E-state index in [-0.39, 0.29) is 13.0 Å². The maximum atomic E-state index is 12.0. The predicted octanol–water partition coefficient (Wildman–Crippen LogP) is 4.07. The lowest BCUT2D eigenvalue weighted by molar-refractivity contribution is -0.135. The molecule has 1 rings (SSSR count). The van der Waals surface area contributed by atoms with E-state index >= 15 is 0 Å². The van der Waals surface area contributed by atoms with Crippen LogP contribution in [0.25, 0.3) is 0 Å². The fourth-order valence-corrected chi connectivity index (χ4v) is 1.93. The summed E-state index contributed by atoms with van der Waals surface area (Å²) in [5, 5.41) is 3.10. The number of nitrogens with one attached hydrogen (secondary N) is 1. The fourth-order valence-electron chi connectivity index (χ4n) is 1.69. The third-order valence-electron chi connectivity index (χ3n) is 2.83. The lowest BCUT2D eigenvalue weighted by atomic mass is 9.94. The molecular formula is C13H17ClF3N. The first-order chi connectivity index (χ1) is 8.37. The van der Waals surface area contributed by atoms with Gasteiger partial charge in [-0.3, -0.25) is 0 Å². The molecule has 1 atom stereocenters. The van der Waals surface area contributed by atoms with Crippen molar-refractivity contribution >= 4 is 11.6 Å². The monoisotopic (exact) mass is 279 g/mol. The smallest absolute Gasteiger partial charge is 0.307 e. The minimum Gasteiger partial charge on any atom is -0.307 e. The lowest BCUT2D eigenvalue weighted by Gasteiger charge is -2.29. The van der Waals surface area contributed by atoms with Crippen LogP contribution in [0.5, 0.6) is 0 Å². The number of benzene rings is 1. The standard InChI is InChI=1S/C13H17ClF3N/c1-12(10-14,11-6-3-2-4-7-11)18-9-5-8-13(15,16)17/h2-4,6-7,18H,5,8-10H2,1H3. The Bertz CT molecular complexity index is 353. The number of rotatable bonds is 6. The lowest BCUT2D eigenvalue weighted by Crippen LogP contribution is -2.42. The van der Waals surface area contributed by atoms with E-state index in [1.54, 1.807) is 0 Å². The van der Waals surface area contributed by atoms with Crippen molar-refractivity contribution in [2.75, 3.05) is 12.4 Å². The Morgan fingerprint density at radius 2 is 1.78 bits per heavy atom. The molecular weight excluding hydrogens is 263 g/mol. The van der Waals surface area contributed by atoms with Gasteiger partial charge in [0, 0.05) is 12.3 Å². The molecule has 5 heteroatoms. The number of alkyl halides is 4. The highest BCUT2D eigenvalue weighted by atomic mass is 35.5. The normalized spacial score (nSPS) is 15.4. The van der Waals surface area contributed by atoms with Crippen LogP contribution < -0.4 is 5.32 Å². The summed E-state index contributed by atoms with van der Waals surface area (Å²) in [6, 6.07) is 9.50. The SMILES string of the molecule is CC(CCl)(NCCCC(F)(F)F)c1ccccc1. The minimum absolute atomic E-state index is 0.0583. The summed E-state index contributed by atoms with van der Waals surface area (Å²) in [6.45, 7) is 2.18. The second kappa shape index (κ2) is 6.43. The molecule has 18 heavy (non-hydrogen) atoms. The van der Waals surface area contributed by atoms with E-state index < -0.39 is 18.1 Å². The van der Waals surface area contributed by atoms with Crippen LogP contribution >= 0.6 is 11.6 Å². The summed E-state index contributed by atoms with van der Waals surface area (Å²) in [7, 11) is 0. The van der Waals surface area contributed by atoms with Crippen molar-refractivity contribution in [2.24, 2.45) is 0 Å². The topological polar surface area (TPSA) is 12.0 Å². The molecule has 1 N–H and O–H groups in total. The first-order valence-corrected chi connectivity index (χ1v) is 6.34. The van der Waals surface area contributed by atoms with Gasteiger partial charge >= 0.3 is 6.18 Å². The number of halogens is 4. The molecule has 1 unspecified atom stereocenters. The molecule has 1 aromatic carbocycles. The summed E-state index contributed by atoms with van der Waals surface area (Å²) in [5.74, 6) is 0.309. The number of hydrogen-bond donors (Lipinski definition) is 1. The first kappa shape index (κ1) is 15.3. The van der Waals surface area contributed by atoms with Crippen LogP contribution in [0.15, 0.2) is 30.3 Å². The van der Waals surface area contributed by atoms with Crippen LogP contribution in [0.2, 0.25) is 0 Å². The van der Waals surface area contributed by atoms with E-state index in [4.69, 9.17) is 11.6 Å². The summed E-state index contributed by atoms with van der Waals surface area (Å²) in [6.07, 6.45) is -4.80. The van der Waals surface area contributed by atoms with E-state index in [9.17, 15) is 13.2 Å². The zero-order valence-electron chi connectivity index (χ0n) is 10.2. The Hall–Kier alpha value is -0.740. The predicted molar refractivity (Wildman–Crippen MR) is 67.8 cm³/mol. The third kappa shape index (κ3) is 4.86. The van der Waals surface area contributed by atoms with E-state index in [2.05, 4.69) is 5.32 Å². The highest BCUT2D eigenvalue weighted by molar-refractivity contribution is 6.18. The minimum atomic E-state index is -4.09. The molecule has 0 aliphatic rings. The van der Waals surface area contributed by atoms with Crippen molar-refractivity contribution in [3.8, 4) is 0 Å². The van der Waals surface area contributed by atoms with Gasteiger partial charge < -0.3 is 5.32 Å². The molecule has 0 aliphatic carbocycles. The van der Waals surface area contributed by atoms with Crippen molar-refractivity contribution in [1.82, 2.24) is 5.32 Å². The first-order valence-electron chi connectivity index (χ1n) is 5.81. The molecule has 0 spiro atoms. The van der Waals surface area contributed by atoms with Gasteiger partial charge in [0.25, 0.3) is 0 Å². The molecule has 1 aromatic rings. The molecule has 0 radical (unpaired) electrons. The average Bonchev–Trinajstić information content (AvgIpc) is 2.34. The molecule has 0 heterocycles. The van der Waals surface area contributed by atoms with Crippen LogP contribution in [0, 0.1) is 0 Å². The van der Waals surface area contributed by atoms with Crippen molar-refractivity contribution in [1.29, 1.82) is 0 Å². The molecule has 0 aliphatic heterocycles. The van der Waals surface area contributed by atoms with Gasteiger partial charge in [0.05, 0.1) is 5.54 Å². The Morgan fingerprint density at radius 3 is 2.28 bits per heavy atom. The Labute approximate surface area is 110 Å². The van der Waals surface area contributed by atoms with Crippen LogP contribution in [0.4, 0.5) is 13.2 Å². The largest absolute Gasteiger partial charge is 0.389 e. The average molecular weight is 280 g/mol. The van der Waals surface area contributed by atoms with Crippen LogP contribution in [-0.2, 0) is 5.54 Å². The van der Waals surface area contributed by atoms with Gasteiger partial charge in [0.1, 0.15) is 0 Å². The van der Waals surface area contributed by atoms with Gasteiger partial charge in [0.15, 0.2) is 0 Å². The Kier molecular flexibility index (Phi) is 5.47. The van der Waals surface area contributed by atoms with Crippen molar-refractivity contribution in [2.45, 2.75) is 31.5 Å². The summed E-state index contributed by atoms with van der Waals surface area (Å²) >= 11 is 5.93. The summed E-state index contributed by atoms with van der Waals surface area (Å²) < 4.78 is 36.1. The zero-order valence-corrected chi connectivity index (χ0v) is 11.0.